The molecule has 0 fully saturated rings. The SMILES string of the molecule is Cn1cc(C(C)(C)C)cc(I)c1=O. The molecule has 0 saturated heterocycles. The molecule has 1 rings (SSSR count). The molecule has 0 saturated carbocycles. The van der Waals surface area contributed by atoms with Gasteiger partial charge in [0.15, 0.2) is 0 Å². The van der Waals surface area contributed by atoms with Gasteiger partial charge < -0.3 is 4.57 Å². The van der Waals surface area contributed by atoms with Gasteiger partial charge in [0, 0.05) is 13.2 Å². The van der Waals surface area contributed by atoms with E-state index in [1.165, 1.54) is 5.56 Å². The van der Waals surface area contributed by atoms with Crippen molar-refractivity contribution in [3.05, 3.63) is 31.8 Å². The number of nitrogens with zero attached hydrogens (tertiary/aromatic N) is 1. The first kappa shape index (κ1) is 10.8. The summed E-state index contributed by atoms with van der Waals surface area (Å²) in [5.74, 6) is 0. The summed E-state index contributed by atoms with van der Waals surface area (Å²) in [7, 11) is 1.79. The van der Waals surface area contributed by atoms with E-state index in [-0.39, 0.29) is 11.0 Å². The van der Waals surface area contributed by atoms with Crippen LogP contribution >= 0.6 is 22.6 Å². The number of hydrogen-bond acceptors (Lipinski definition) is 1. The lowest BCUT2D eigenvalue weighted by atomic mass is 9.88. The molecule has 0 unspecified atom stereocenters. The summed E-state index contributed by atoms with van der Waals surface area (Å²) in [6.07, 6.45) is 1.91. The van der Waals surface area contributed by atoms with Crippen LogP contribution in [0, 0.1) is 3.57 Å². The molecule has 1 aromatic rings. The molecule has 1 heterocycles. The number of pyridine rings is 1. The molecule has 0 bridgehead atoms. The smallest absolute Gasteiger partial charge is 0.263 e. The van der Waals surface area contributed by atoms with Crippen molar-refractivity contribution in [1.29, 1.82) is 0 Å². The molecule has 2 nitrogen and oxygen atoms in total. The Morgan fingerprint density at radius 1 is 1.38 bits per heavy atom. The standard InChI is InChI=1S/C10H14INO/c1-10(2,3)7-5-8(11)9(13)12(4)6-7/h5-6H,1-4H3. The zero-order valence-corrected chi connectivity index (χ0v) is 10.5. The van der Waals surface area contributed by atoms with Crippen molar-refractivity contribution >= 4 is 22.6 Å². The van der Waals surface area contributed by atoms with Crippen LogP contribution in [0.2, 0.25) is 0 Å². The third-order valence-corrected chi connectivity index (χ3v) is 2.78. The highest BCUT2D eigenvalue weighted by Gasteiger charge is 2.15. The van der Waals surface area contributed by atoms with E-state index in [0.29, 0.717) is 0 Å². The van der Waals surface area contributed by atoms with Crippen molar-refractivity contribution < 1.29 is 0 Å². The molecular weight excluding hydrogens is 277 g/mol. The molecule has 3 heteroatoms. The van der Waals surface area contributed by atoms with E-state index in [4.69, 9.17) is 0 Å². The van der Waals surface area contributed by atoms with Gasteiger partial charge in [-0.15, -0.1) is 0 Å². The molecule has 0 amide bonds. The first-order valence-electron chi connectivity index (χ1n) is 4.19. The summed E-state index contributed by atoms with van der Waals surface area (Å²) in [4.78, 5) is 11.4. The van der Waals surface area contributed by atoms with Crippen LogP contribution in [-0.4, -0.2) is 4.57 Å². The van der Waals surface area contributed by atoms with Crippen molar-refractivity contribution in [2.24, 2.45) is 7.05 Å². The minimum atomic E-state index is 0.0774. The monoisotopic (exact) mass is 291 g/mol. The third kappa shape index (κ3) is 2.33. The number of aryl methyl sites for hydroxylation is 1. The van der Waals surface area contributed by atoms with Crippen molar-refractivity contribution in [2.75, 3.05) is 0 Å². The van der Waals surface area contributed by atoms with Gasteiger partial charge in [-0.25, -0.2) is 0 Å². The summed E-state index contributed by atoms with van der Waals surface area (Å²) in [6, 6.07) is 1.96. The van der Waals surface area contributed by atoms with E-state index in [0.717, 1.165) is 3.57 Å². The average molecular weight is 291 g/mol. The summed E-state index contributed by atoms with van der Waals surface area (Å²) in [5, 5.41) is 0. The van der Waals surface area contributed by atoms with Crippen LogP contribution in [0.5, 0.6) is 0 Å². The highest BCUT2D eigenvalue weighted by molar-refractivity contribution is 14.1. The molecule has 0 aliphatic heterocycles. The Bertz CT molecular complexity index is 347. The van der Waals surface area contributed by atoms with Crippen molar-refractivity contribution in [3.8, 4) is 0 Å². The predicted octanol–water partition coefficient (Wildman–Crippen LogP) is 2.29. The van der Waals surface area contributed by atoms with Gasteiger partial charge in [-0.3, -0.25) is 4.79 Å². The topological polar surface area (TPSA) is 22.0 Å². The molecule has 0 aliphatic rings. The largest absolute Gasteiger partial charge is 0.317 e. The molecule has 72 valence electrons. The van der Waals surface area contributed by atoms with Crippen molar-refractivity contribution in [3.63, 3.8) is 0 Å². The minimum Gasteiger partial charge on any atom is -0.317 e. The summed E-state index contributed by atoms with van der Waals surface area (Å²) < 4.78 is 2.43. The Morgan fingerprint density at radius 3 is 2.31 bits per heavy atom. The van der Waals surface area contributed by atoms with Gasteiger partial charge in [0.2, 0.25) is 0 Å². The second kappa shape index (κ2) is 3.44. The highest BCUT2D eigenvalue weighted by Crippen LogP contribution is 2.21. The van der Waals surface area contributed by atoms with Crippen molar-refractivity contribution in [1.82, 2.24) is 4.57 Å². The molecular formula is C10H14INO. The lowest BCUT2D eigenvalue weighted by Crippen LogP contribution is -2.23. The Morgan fingerprint density at radius 2 is 1.92 bits per heavy atom. The Hall–Kier alpha value is -0.320. The van der Waals surface area contributed by atoms with Gasteiger partial charge in [0.25, 0.3) is 5.56 Å². The van der Waals surface area contributed by atoms with Gasteiger partial charge in [0.1, 0.15) is 0 Å². The van der Waals surface area contributed by atoms with E-state index in [1.54, 1.807) is 11.6 Å². The third-order valence-electron chi connectivity index (χ3n) is 2.01. The second-order valence-electron chi connectivity index (χ2n) is 4.24. The Labute approximate surface area is 92.1 Å². The van der Waals surface area contributed by atoms with Crippen LogP contribution in [0.1, 0.15) is 26.3 Å². The van der Waals surface area contributed by atoms with E-state index in [1.807, 2.05) is 12.3 Å². The minimum absolute atomic E-state index is 0.0774. The number of rotatable bonds is 0. The van der Waals surface area contributed by atoms with Crippen LogP contribution in [-0.2, 0) is 12.5 Å². The van der Waals surface area contributed by atoms with Crippen LogP contribution in [0.15, 0.2) is 17.1 Å². The molecule has 0 radical (unpaired) electrons. The predicted molar refractivity (Wildman–Crippen MR) is 63.1 cm³/mol. The molecule has 0 N–H and O–H groups in total. The summed E-state index contributed by atoms with van der Waals surface area (Å²) in [6.45, 7) is 6.43. The zero-order valence-electron chi connectivity index (χ0n) is 8.39. The fraction of sp³-hybridized carbons (Fsp3) is 0.500. The number of halogens is 1. The Balaban J connectivity index is 3.38. The van der Waals surface area contributed by atoms with Gasteiger partial charge in [-0.1, -0.05) is 20.8 Å². The number of hydrogen-bond donors (Lipinski definition) is 0. The van der Waals surface area contributed by atoms with Crippen LogP contribution in [0.4, 0.5) is 0 Å². The van der Waals surface area contributed by atoms with Crippen LogP contribution in [0.3, 0.4) is 0 Å². The molecule has 13 heavy (non-hydrogen) atoms. The lowest BCUT2D eigenvalue weighted by Gasteiger charge is -2.19. The fourth-order valence-corrected chi connectivity index (χ4v) is 1.80. The Kier molecular flexibility index (Phi) is 2.85. The molecule has 0 atom stereocenters. The van der Waals surface area contributed by atoms with Gasteiger partial charge >= 0.3 is 0 Å². The average Bonchev–Trinajstić information content (AvgIpc) is 1.97. The second-order valence-corrected chi connectivity index (χ2v) is 5.40. The number of aromatic nitrogens is 1. The van der Waals surface area contributed by atoms with E-state index >= 15 is 0 Å². The first-order chi connectivity index (χ1) is 5.82. The van der Waals surface area contributed by atoms with E-state index in [9.17, 15) is 4.79 Å². The maximum atomic E-state index is 11.4. The van der Waals surface area contributed by atoms with E-state index < -0.39 is 0 Å². The summed E-state index contributed by atoms with van der Waals surface area (Å²) >= 11 is 2.08. The van der Waals surface area contributed by atoms with Gasteiger partial charge in [0.05, 0.1) is 3.57 Å². The van der Waals surface area contributed by atoms with Gasteiger partial charge in [-0.05, 0) is 39.6 Å². The first-order valence-corrected chi connectivity index (χ1v) is 5.27. The normalized spacial score (nSPS) is 11.8. The lowest BCUT2D eigenvalue weighted by molar-refractivity contribution is 0.579. The summed E-state index contributed by atoms with van der Waals surface area (Å²) in [5.41, 5.74) is 1.37. The van der Waals surface area contributed by atoms with Crippen molar-refractivity contribution in [2.45, 2.75) is 26.2 Å². The fourth-order valence-electron chi connectivity index (χ4n) is 1.08. The van der Waals surface area contributed by atoms with Gasteiger partial charge in [-0.2, -0.15) is 0 Å². The molecule has 0 spiro atoms. The van der Waals surface area contributed by atoms with Crippen LogP contribution in [0.25, 0.3) is 0 Å². The van der Waals surface area contributed by atoms with E-state index in [2.05, 4.69) is 43.4 Å². The molecule has 0 aromatic carbocycles. The maximum Gasteiger partial charge on any atom is 0.263 e. The van der Waals surface area contributed by atoms with Crippen LogP contribution < -0.4 is 5.56 Å². The maximum absolute atomic E-state index is 11.4. The molecule has 0 aliphatic carbocycles. The zero-order chi connectivity index (χ0) is 10.2. The highest BCUT2D eigenvalue weighted by atomic mass is 127. The quantitative estimate of drug-likeness (QED) is 0.672. The molecule has 1 aromatic heterocycles.